The Labute approximate surface area is 131 Å². The molecule has 2 atom stereocenters. The molecule has 1 aromatic rings. The van der Waals surface area contributed by atoms with Crippen LogP contribution in [-0.2, 0) is 13.0 Å². The third-order valence-corrected chi connectivity index (χ3v) is 5.74. The lowest BCUT2D eigenvalue weighted by molar-refractivity contribution is 0.0928. The molecule has 2 aliphatic rings. The van der Waals surface area contributed by atoms with Gasteiger partial charge in [0.15, 0.2) is 0 Å². The summed E-state index contributed by atoms with van der Waals surface area (Å²) in [4.78, 5) is 12.5. The van der Waals surface area contributed by atoms with E-state index in [4.69, 9.17) is 0 Å². The minimum atomic E-state index is 0.0927. The predicted molar refractivity (Wildman–Crippen MR) is 88.9 cm³/mol. The predicted octanol–water partition coefficient (Wildman–Crippen LogP) is 2.74. The fraction of sp³-hybridized carbons (Fsp3) is 0.588. The largest absolute Gasteiger partial charge is 0.349 e. The third kappa shape index (κ3) is 3.61. The number of fused-ring (bicyclic) bond motifs is 1. The van der Waals surface area contributed by atoms with E-state index >= 15 is 0 Å². The van der Waals surface area contributed by atoms with E-state index in [1.165, 1.54) is 24.0 Å². The zero-order valence-corrected chi connectivity index (χ0v) is 13.5. The molecule has 0 bridgehead atoms. The topological polar surface area (TPSA) is 41.1 Å². The molecule has 1 fully saturated rings. The third-order valence-electron chi connectivity index (χ3n) is 4.65. The number of rotatable bonds is 3. The number of carbonyl (C=O) groups is 1. The molecule has 21 heavy (non-hydrogen) atoms. The van der Waals surface area contributed by atoms with Crippen LogP contribution in [0.1, 0.15) is 47.2 Å². The van der Waals surface area contributed by atoms with E-state index in [2.05, 4.69) is 29.0 Å². The highest BCUT2D eigenvalue weighted by atomic mass is 32.2. The first-order valence-electron chi connectivity index (χ1n) is 7.92. The van der Waals surface area contributed by atoms with Crippen molar-refractivity contribution in [2.45, 2.75) is 49.9 Å². The van der Waals surface area contributed by atoms with Crippen LogP contribution in [0.3, 0.4) is 0 Å². The molecular formula is C17H24N2OS. The Morgan fingerprint density at radius 2 is 2.24 bits per heavy atom. The van der Waals surface area contributed by atoms with Gasteiger partial charge in [0, 0.05) is 23.4 Å². The zero-order chi connectivity index (χ0) is 14.7. The van der Waals surface area contributed by atoms with Crippen LogP contribution in [0.5, 0.6) is 0 Å². The van der Waals surface area contributed by atoms with Crippen LogP contribution in [0.2, 0.25) is 0 Å². The van der Waals surface area contributed by atoms with Gasteiger partial charge in [-0.05, 0) is 61.7 Å². The van der Waals surface area contributed by atoms with Gasteiger partial charge in [-0.15, -0.1) is 0 Å². The van der Waals surface area contributed by atoms with Gasteiger partial charge in [-0.1, -0.05) is 12.5 Å². The molecule has 2 N–H and O–H groups in total. The van der Waals surface area contributed by atoms with Crippen molar-refractivity contribution in [1.82, 2.24) is 10.6 Å². The molecule has 0 saturated heterocycles. The lowest BCUT2D eigenvalue weighted by atomic mass is 9.94. The number of hydrogen-bond donors (Lipinski definition) is 2. The number of carbonyl (C=O) groups excluding carboxylic acids is 1. The fourth-order valence-corrected chi connectivity index (χ4v) is 4.21. The Balaban J connectivity index is 1.65. The highest BCUT2D eigenvalue weighted by Crippen LogP contribution is 2.27. The first-order chi connectivity index (χ1) is 10.3. The maximum atomic E-state index is 12.5. The first kappa shape index (κ1) is 14.9. The first-order valence-corrected chi connectivity index (χ1v) is 9.21. The van der Waals surface area contributed by atoms with Gasteiger partial charge in [0.2, 0.25) is 0 Å². The molecule has 2 unspecified atom stereocenters. The van der Waals surface area contributed by atoms with Crippen molar-refractivity contribution in [3.63, 3.8) is 0 Å². The van der Waals surface area contributed by atoms with E-state index in [0.717, 1.165) is 37.9 Å². The van der Waals surface area contributed by atoms with Crippen molar-refractivity contribution >= 4 is 17.7 Å². The van der Waals surface area contributed by atoms with Gasteiger partial charge in [0.1, 0.15) is 0 Å². The summed E-state index contributed by atoms with van der Waals surface area (Å²) < 4.78 is 0. The van der Waals surface area contributed by atoms with Gasteiger partial charge < -0.3 is 10.6 Å². The zero-order valence-electron chi connectivity index (χ0n) is 12.7. The molecule has 1 heterocycles. The van der Waals surface area contributed by atoms with Crippen molar-refractivity contribution in [3.8, 4) is 0 Å². The normalized spacial score (nSPS) is 25.2. The van der Waals surface area contributed by atoms with E-state index in [1.54, 1.807) is 0 Å². The average Bonchev–Trinajstić information content (AvgIpc) is 2.54. The summed E-state index contributed by atoms with van der Waals surface area (Å²) in [6.07, 6.45) is 7.98. The molecule has 0 aromatic heterocycles. The van der Waals surface area contributed by atoms with Crippen molar-refractivity contribution < 1.29 is 4.79 Å². The molecule has 3 nitrogen and oxygen atoms in total. The van der Waals surface area contributed by atoms with Gasteiger partial charge >= 0.3 is 0 Å². The van der Waals surface area contributed by atoms with E-state index in [1.807, 2.05) is 17.8 Å². The SMILES string of the molecule is CSC1CCCC(NC(=O)c2ccc3c(c2)CNCC3)C1. The molecule has 4 heteroatoms. The Morgan fingerprint density at radius 3 is 3.10 bits per heavy atom. The summed E-state index contributed by atoms with van der Waals surface area (Å²) in [5.41, 5.74) is 3.47. The van der Waals surface area contributed by atoms with Gasteiger partial charge in [-0.2, -0.15) is 11.8 Å². The van der Waals surface area contributed by atoms with E-state index in [-0.39, 0.29) is 5.91 Å². The van der Waals surface area contributed by atoms with Crippen molar-refractivity contribution in [2.75, 3.05) is 12.8 Å². The molecule has 1 aliphatic carbocycles. The van der Waals surface area contributed by atoms with Crippen molar-refractivity contribution in [3.05, 3.63) is 34.9 Å². The molecular weight excluding hydrogens is 280 g/mol. The Kier molecular flexibility index (Phi) is 4.86. The highest BCUT2D eigenvalue weighted by molar-refractivity contribution is 7.99. The number of hydrogen-bond acceptors (Lipinski definition) is 3. The van der Waals surface area contributed by atoms with E-state index in [9.17, 15) is 4.79 Å². The quantitative estimate of drug-likeness (QED) is 0.902. The minimum absolute atomic E-state index is 0.0927. The van der Waals surface area contributed by atoms with Crippen LogP contribution in [0, 0.1) is 0 Å². The minimum Gasteiger partial charge on any atom is -0.349 e. The standard InChI is InChI=1S/C17H24N2OS/c1-21-16-4-2-3-15(10-16)19-17(20)13-6-5-12-7-8-18-11-14(12)9-13/h5-6,9,15-16,18H,2-4,7-8,10-11H2,1H3,(H,19,20). The lowest BCUT2D eigenvalue weighted by Crippen LogP contribution is -2.39. The summed E-state index contributed by atoms with van der Waals surface area (Å²) in [7, 11) is 0. The maximum absolute atomic E-state index is 12.5. The van der Waals surface area contributed by atoms with Crippen LogP contribution >= 0.6 is 11.8 Å². The van der Waals surface area contributed by atoms with Gasteiger partial charge in [-0.25, -0.2) is 0 Å². The second kappa shape index (κ2) is 6.84. The van der Waals surface area contributed by atoms with Gasteiger partial charge in [0.05, 0.1) is 0 Å². The lowest BCUT2D eigenvalue weighted by Gasteiger charge is -2.28. The second-order valence-corrected chi connectivity index (χ2v) is 7.24. The fourth-order valence-electron chi connectivity index (χ4n) is 3.38. The Bertz CT molecular complexity index is 518. The van der Waals surface area contributed by atoms with Crippen LogP contribution in [0.4, 0.5) is 0 Å². The summed E-state index contributed by atoms with van der Waals surface area (Å²) >= 11 is 1.93. The van der Waals surface area contributed by atoms with E-state index < -0.39 is 0 Å². The van der Waals surface area contributed by atoms with Crippen LogP contribution in [0.15, 0.2) is 18.2 Å². The summed E-state index contributed by atoms with van der Waals surface area (Å²) in [5, 5.41) is 7.31. The number of thioether (sulfide) groups is 1. The highest BCUT2D eigenvalue weighted by Gasteiger charge is 2.23. The van der Waals surface area contributed by atoms with Gasteiger partial charge in [-0.3, -0.25) is 4.79 Å². The summed E-state index contributed by atoms with van der Waals surface area (Å²) in [6.45, 7) is 1.92. The monoisotopic (exact) mass is 304 g/mol. The molecule has 1 saturated carbocycles. The second-order valence-electron chi connectivity index (χ2n) is 6.10. The van der Waals surface area contributed by atoms with Gasteiger partial charge in [0.25, 0.3) is 5.91 Å². The molecule has 0 spiro atoms. The number of amides is 1. The molecule has 1 amide bonds. The summed E-state index contributed by atoms with van der Waals surface area (Å²) in [6, 6.07) is 6.51. The molecule has 114 valence electrons. The molecule has 3 rings (SSSR count). The summed E-state index contributed by atoms with van der Waals surface area (Å²) in [5.74, 6) is 0.0927. The Morgan fingerprint density at radius 1 is 1.33 bits per heavy atom. The maximum Gasteiger partial charge on any atom is 0.251 e. The van der Waals surface area contributed by atoms with Crippen molar-refractivity contribution in [2.24, 2.45) is 0 Å². The number of benzene rings is 1. The van der Waals surface area contributed by atoms with E-state index in [0.29, 0.717) is 11.3 Å². The number of nitrogens with one attached hydrogen (secondary N) is 2. The van der Waals surface area contributed by atoms with Crippen LogP contribution in [0.25, 0.3) is 0 Å². The smallest absolute Gasteiger partial charge is 0.251 e. The van der Waals surface area contributed by atoms with Crippen LogP contribution in [-0.4, -0.2) is 30.0 Å². The van der Waals surface area contributed by atoms with Crippen LogP contribution < -0.4 is 10.6 Å². The molecule has 1 aromatic carbocycles. The van der Waals surface area contributed by atoms with Crippen molar-refractivity contribution in [1.29, 1.82) is 0 Å². The Hall–Kier alpha value is -1.00. The average molecular weight is 304 g/mol. The molecule has 1 aliphatic heterocycles. The molecule has 0 radical (unpaired) electrons.